The van der Waals surface area contributed by atoms with E-state index in [-0.39, 0.29) is 11.8 Å². The van der Waals surface area contributed by atoms with E-state index < -0.39 is 24.3 Å². The number of nitrogens with zero attached hydrogens (tertiary/aromatic N) is 2. The largest absolute Gasteiger partial charge is 0.451 e. The summed E-state index contributed by atoms with van der Waals surface area (Å²) in [5.74, 6) is 0. The van der Waals surface area contributed by atoms with Crippen molar-refractivity contribution in [3.8, 4) is 0 Å². The highest BCUT2D eigenvalue weighted by molar-refractivity contribution is 6.02. The predicted octanol–water partition coefficient (Wildman–Crippen LogP) is 4.71. The number of nitrogens with one attached hydrogen (secondary N) is 2. The Balaban J connectivity index is 1.54. The fraction of sp³-hybridized carbons (Fsp3) is 0.348. The first-order valence-electron chi connectivity index (χ1n) is 10.1. The van der Waals surface area contributed by atoms with Crippen molar-refractivity contribution in [3.63, 3.8) is 0 Å². The molecule has 4 rings (SSSR count). The number of fused-ring (bicyclic) bond motifs is 2. The predicted molar refractivity (Wildman–Crippen MR) is 116 cm³/mol. The van der Waals surface area contributed by atoms with E-state index in [1.165, 1.54) is 13.3 Å². The second-order valence-electron chi connectivity index (χ2n) is 8.72. The van der Waals surface area contributed by atoms with E-state index in [1.807, 2.05) is 18.2 Å². The number of methoxy groups -OCH3 is 1. The fourth-order valence-corrected chi connectivity index (χ4v) is 3.94. The summed E-state index contributed by atoms with van der Waals surface area (Å²) in [7, 11) is 1.27. The van der Waals surface area contributed by atoms with Gasteiger partial charge in [0.05, 0.1) is 30.6 Å². The summed E-state index contributed by atoms with van der Waals surface area (Å²) >= 11 is 0. The molecule has 0 spiro atoms. The van der Waals surface area contributed by atoms with Gasteiger partial charge in [-0.25, -0.2) is 14.0 Å². The van der Waals surface area contributed by atoms with E-state index >= 15 is 0 Å². The standard InChI is InChI=1S/C23H25FN4O3/c1-23(2,3)14-8-9-15-13(10-14)11-17(24)20(15)27-21(29)26-18-6-5-7-19-16(18)12-25-28(19)22(30)31-4/h5-10,12,17,20H,11H2,1-4H3,(H2,26,27,29). The number of hydrogen-bond acceptors (Lipinski definition) is 4. The van der Waals surface area contributed by atoms with Crippen LogP contribution in [0.1, 0.15) is 43.5 Å². The maximum absolute atomic E-state index is 14.8. The Morgan fingerprint density at radius 3 is 2.71 bits per heavy atom. The van der Waals surface area contributed by atoms with Crippen LogP contribution < -0.4 is 10.6 Å². The Morgan fingerprint density at radius 2 is 2.00 bits per heavy atom. The molecule has 2 N–H and O–H groups in total. The number of urea groups is 1. The van der Waals surface area contributed by atoms with Crippen LogP contribution in [0.15, 0.2) is 42.6 Å². The molecule has 2 atom stereocenters. The molecule has 7 nitrogen and oxygen atoms in total. The van der Waals surface area contributed by atoms with Crippen LogP contribution in [0.2, 0.25) is 0 Å². The molecule has 1 aromatic heterocycles. The molecule has 0 bridgehead atoms. The minimum absolute atomic E-state index is 0.0307. The molecule has 2 amide bonds. The Morgan fingerprint density at radius 1 is 1.23 bits per heavy atom. The van der Waals surface area contributed by atoms with E-state index in [4.69, 9.17) is 4.74 Å². The molecule has 0 saturated carbocycles. The zero-order chi connectivity index (χ0) is 22.3. The Hall–Kier alpha value is -3.42. The lowest BCUT2D eigenvalue weighted by Crippen LogP contribution is -2.35. The van der Waals surface area contributed by atoms with Gasteiger partial charge in [0, 0.05) is 11.8 Å². The summed E-state index contributed by atoms with van der Waals surface area (Å²) in [6, 6.07) is 9.75. The highest BCUT2D eigenvalue weighted by Crippen LogP contribution is 2.36. The van der Waals surface area contributed by atoms with Crippen LogP contribution in [0.3, 0.4) is 0 Å². The van der Waals surface area contributed by atoms with E-state index in [2.05, 4.69) is 36.5 Å². The van der Waals surface area contributed by atoms with Gasteiger partial charge in [-0.1, -0.05) is 45.0 Å². The van der Waals surface area contributed by atoms with Gasteiger partial charge in [0.1, 0.15) is 6.17 Å². The molecule has 0 fully saturated rings. The number of halogens is 1. The van der Waals surface area contributed by atoms with Crippen molar-refractivity contribution in [3.05, 3.63) is 59.3 Å². The van der Waals surface area contributed by atoms with E-state index in [1.54, 1.807) is 18.2 Å². The van der Waals surface area contributed by atoms with Crippen molar-refractivity contribution in [2.45, 2.75) is 44.8 Å². The quantitative estimate of drug-likeness (QED) is 0.624. The molecule has 31 heavy (non-hydrogen) atoms. The third kappa shape index (κ3) is 3.85. The average molecular weight is 424 g/mol. The van der Waals surface area contributed by atoms with E-state index in [0.29, 0.717) is 16.6 Å². The highest BCUT2D eigenvalue weighted by Gasteiger charge is 2.34. The smallest absolute Gasteiger partial charge is 0.434 e. The first-order chi connectivity index (χ1) is 14.7. The van der Waals surface area contributed by atoms with Gasteiger partial charge >= 0.3 is 12.1 Å². The summed E-state index contributed by atoms with van der Waals surface area (Å²) < 4.78 is 20.6. The van der Waals surface area contributed by atoms with Crippen LogP contribution >= 0.6 is 0 Å². The second kappa shape index (κ2) is 7.68. The number of carbonyl (C=O) groups excluding carboxylic acids is 2. The van der Waals surface area contributed by atoms with Crippen molar-refractivity contribution in [2.24, 2.45) is 0 Å². The number of ether oxygens (including phenoxy) is 1. The molecule has 1 heterocycles. The van der Waals surface area contributed by atoms with Crippen LogP contribution in [-0.4, -0.2) is 35.2 Å². The zero-order valence-corrected chi connectivity index (χ0v) is 17.9. The van der Waals surface area contributed by atoms with Crippen LogP contribution in [0, 0.1) is 0 Å². The average Bonchev–Trinajstić information content (AvgIpc) is 3.28. The van der Waals surface area contributed by atoms with Crippen molar-refractivity contribution < 1.29 is 18.7 Å². The van der Waals surface area contributed by atoms with Gasteiger partial charge in [-0.15, -0.1) is 0 Å². The normalized spacial score (nSPS) is 18.0. The molecule has 2 aromatic carbocycles. The van der Waals surface area contributed by atoms with Gasteiger partial charge in [0.25, 0.3) is 0 Å². The number of aromatic nitrogens is 2. The Labute approximate surface area is 179 Å². The van der Waals surface area contributed by atoms with E-state index in [9.17, 15) is 14.0 Å². The number of amides is 2. The van der Waals surface area contributed by atoms with Gasteiger partial charge in [-0.2, -0.15) is 9.78 Å². The first-order valence-corrected chi connectivity index (χ1v) is 10.1. The fourth-order valence-electron chi connectivity index (χ4n) is 3.94. The molecule has 3 aromatic rings. The third-order valence-corrected chi connectivity index (χ3v) is 5.62. The number of alkyl halides is 1. The second-order valence-corrected chi connectivity index (χ2v) is 8.72. The number of hydrogen-bond donors (Lipinski definition) is 2. The molecule has 1 aliphatic rings. The molecule has 0 aliphatic heterocycles. The number of benzene rings is 2. The number of rotatable bonds is 2. The van der Waals surface area contributed by atoms with Crippen molar-refractivity contribution >= 4 is 28.7 Å². The highest BCUT2D eigenvalue weighted by atomic mass is 19.1. The summed E-state index contributed by atoms with van der Waals surface area (Å²) in [5.41, 5.74) is 3.78. The summed E-state index contributed by atoms with van der Waals surface area (Å²) in [4.78, 5) is 24.5. The van der Waals surface area contributed by atoms with Crippen molar-refractivity contribution in [1.82, 2.24) is 15.1 Å². The van der Waals surface area contributed by atoms with Gasteiger partial charge < -0.3 is 15.4 Å². The monoisotopic (exact) mass is 424 g/mol. The van der Waals surface area contributed by atoms with Crippen LogP contribution in [0.25, 0.3) is 10.9 Å². The maximum Gasteiger partial charge on any atom is 0.434 e. The van der Waals surface area contributed by atoms with Crippen LogP contribution in [-0.2, 0) is 16.6 Å². The summed E-state index contributed by atoms with van der Waals surface area (Å²) in [6.45, 7) is 6.34. The molecule has 1 aliphatic carbocycles. The van der Waals surface area contributed by atoms with Gasteiger partial charge in [-0.05, 0) is 34.2 Å². The lowest BCUT2D eigenvalue weighted by atomic mass is 9.85. The maximum atomic E-state index is 14.8. The molecular weight excluding hydrogens is 399 g/mol. The molecule has 0 saturated heterocycles. The Bertz CT molecular complexity index is 1170. The van der Waals surface area contributed by atoms with Gasteiger partial charge in [-0.3, -0.25) is 0 Å². The minimum Gasteiger partial charge on any atom is -0.451 e. The van der Waals surface area contributed by atoms with E-state index in [0.717, 1.165) is 21.4 Å². The lowest BCUT2D eigenvalue weighted by Gasteiger charge is -2.21. The van der Waals surface area contributed by atoms with Gasteiger partial charge in [0.15, 0.2) is 0 Å². The Kier molecular flexibility index (Phi) is 5.16. The SMILES string of the molecule is COC(=O)n1ncc2c(NC(=O)NC3c4ccc(C(C)(C)C)cc4CC3F)cccc21. The minimum atomic E-state index is -1.20. The third-order valence-electron chi connectivity index (χ3n) is 5.62. The number of anilines is 1. The van der Waals surface area contributed by atoms with Crippen molar-refractivity contribution in [2.75, 3.05) is 12.4 Å². The lowest BCUT2D eigenvalue weighted by molar-refractivity contribution is 0.170. The van der Waals surface area contributed by atoms with Crippen molar-refractivity contribution in [1.29, 1.82) is 0 Å². The number of carbonyl (C=O) groups is 2. The zero-order valence-electron chi connectivity index (χ0n) is 17.9. The molecule has 2 unspecified atom stereocenters. The molecule has 0 radical (unpaired) electrons. The molecule has 8 heteroatoms. The summed E-state index contributed by atoms with van der Waals surface area (Å²) in [5, 5.41) is 10.1. The topological polar surface area (TPSA) is 85.2 Å². The van der Waals surface area contributed by atoms with Crippen LogP contribution in [0.4, 0.5) is 19.7 Å². The first kappa shape index (κ1) is 20.8. The molecule has 162 valence electrons. The van der Waals surface area contributed by atoms with Crippen LogP contribution in [0.5, 0.6) is 0 Å². The summed E-state index contributed by atoms with van der Waals surface area (Å²) in [6.07, 6.45) is -0.0902. The molecular formula is C23H25FN4O3. The van der Waals surface area contributed by atoms with Gasteiger partial charge in [0.2, 0.25) is 0 Å².